The van der Waals surface area contributed by atoms with Crippen LogP contribution in [0.25, 0.3) is 0 Å². The SMILES string of the molecule is CCNC(=O)N(CCOC)CC(=O)N1N=C(c2ccccc2F)C[C@H]1c1ccccc1F. The van der Waals surface area contributed by atoms with Gasteiger partial charge in [-0.25, -0.2) is 18.6 Å². The normalized spacial score (nSPS) is 15.4. The summed E-state index contributed by atoms with van der Waals surface area (Å²) in [6.07, 6.45) is 0.146. The Bertz CT molecular complexity index is 999. The number of hydrazone groups is 1. The first-order chi connectivity index (χ1) is 15.5. The van der Waals surface area contributed by atoms with E-state index in [1.54, 1.807) is 43.3 Å². The Morgan fingerprint density at radius 2 is 1.84 bits per heavy atom. The number of benzene rings is 2. The number of nitrogens with one attached hydrogen (secondary N) is 1. The van der Waals surface area contributed by atoms with Crippen molar-refractivity contribution >= 4 is 17.6 Å². The summed E-state index contributed by atoms with van der Waals surface area (Å²) in [4.78, 5) is 26.9. The van der Waals surface area contributed by atoms with E-state index in [0.29, 0.717) is 12.3 Å². The number of urea groups is 1. The number of ether oxygens (including phenoxy) is 1. The Labute approximate surface area is 185 Å². The van der Waals surface area contributed by atoms with Crippen molar-refractivity contribution in [2.45, 2.75) is 19.4 Å². The van der Waals surface area contributed by atoms with Crippen LogP contribution in [0.2, 0.25) is 0 Å². The summed E-state index contributed by atoms with van der Waals surface area (Å²) in [6.45, 7) is 2.32. The highest BCUT2D eigenvalue weighted by Crippen LogP contribution is 2.34. The van der Waals surface area contributed by atoms with Gasteiger partial charge in [0.1, 0.15) is 18.2 Å². The monoisotopic (exact) mass is 444 g/mol. The first-order valence-corrected chi connectivity index (χ1v) is 10.4. The van der Waals surface area contributed by atoms with Crippen LogP contribution in [0.4, 0.5) is 13.6 Å². The molecule has 0 aliphatic carbocycles. The zero-order chi connectivity index (χ0) is 23.1. The van der Waals surface area contributed by atoms with Crippen molar-refractivity contribution in [3.63, 3.8) is 0 Å². The number of hydrogen-bond donors (Lipinski definition) is 1. The van der Waals surface area contributed by atoms with E-state index in [1.165, 1.54) is 24.1 Å². The first kappa shape index (κ1) is 23.3. The molecule has 170 valence electrons. The molecule has 1 aliphatic rings. The molecule has 0 unspecified atom stereocenters. The summed E-state index contributed by atoms with van der Waals surface area (Å²) in [5.41, 5.74) is 0.868. The van der Waals surface area contributed by atoms with Crippen LogP contribution in [0.3, 0.4) is 0 Å². The molecule has 1 atom stereocenters. The quantitative estimate of drug-likeness (QED) is 0.679. The van der Waals surface area contributed by atoms with Crippen LogP contribution in [0.5, 0.6) is 0 Å². The van der Waals surface area contributed by atoms with Gasteiger partial charge in [-0.3, -0.25) is 4.79 Å². The molecule has 2 aromatic carbocycles. The Hall–Kier alpha value is -3.33. The molecule has 0 saturated heterocycles. The number of rotatable bonds is 8. The van der Waals surface area contributed by atoms with Crippen molar-refractivity contribution in [3.8, 4) is 0 Å². The fourth-order valence-electron chi connectivity index (χ4n) is 3.54. The number of nitrogens with zero attached hydrogens (tertiary/aromatic N) is 3. The first-order valence-electron chi connectivity index (χ1n) is 10.4. The van der Waals surface area contributed by atoms with Gasteiger partial charge in [0, 0.05) is 37.7 Å². The van der Waals surface area contributed by atoms with Crippen molar-refractivity contribution in [3.05, 3.63) is 71.3 Å². The molecule has 7 nitrogen and oxygen atoms in total. The molecule has 2 aromatic rings. The minimum Gasteiger partial charge on any atom is -0.383 e. The second-order valence-electron chi connectivity index (χ2n) is 7.26. The predicted molar refractivity (Wildman–Crippen MR) is 116 cm³/mol. The van der Waals surface area contributed by atoms with Crippen molar-refractivity contribution in [1.29, 1.82) is 0 Å². The fraction of sp³-hybridized carbons (Fsp3) is 0.348. The number of methoxy groups -OCH3 is 1. The summed E-state index contributed by atoms with van der Waals surface area (Å²) in [7, 11) is 1.50. The van der Waals surface area contributed by atoms with E-state index in [1.807, 2.05) is 0 Å². The third-order valence-electron chi connectivity index (χ3n) is 5.12. The zero-order valence-corrected chi connectivity index (χ0v) is 18.1. The standard InChI is InChI=1S/C23H26F2N4O3/c1-3-26-23(31)28(12-13-32-2)15-22(30)29-21(17-9-5-7-11-19(17)25)14-20(27-29)16-8-4-6-10-18(16)24/h4-11,21H,3,12-15H2,1-2H3,(H,26,31)/t21-/m0/s1. The lowest BCUT2D eigenvalue weighted by Gasteiger charge is -2.27. The average Bonchev–Trinajstić information content (AvgIpc) is 3.22. The molecule has 1 aliphatic heterocycles. The molecule has 0 bridgehead atoms. The minimum atomic E-state index is -0.753. The van der Waals surface area contributed by atoms with Gasteiger partial charge < -0.3 is 15.0 Å². The number of halogens is 2. The molecular formula is C23H26F2N4O3. The zero-order valence-electron chi connectivity index (χ0n) is 18.1. The highest BCUT2D eigenvalue weighted by Gasteiger charge is 2.36. The Kier molecular flexibility index (Phi) is 7.88. The van der Waals surface area contributed by atoms with Gasteiger partial charge in [-0.15, -0.1) is 0 Å². The maximum Gasteiger partial charge on any atom is 0.317 e. The van der Waals surface area contributed by atoms with Crippen LogP contribution in [0.1, 0.15) is 30.5 Å². The average molecular weight is 444 g/mol. The molecule has 1 N–H and O–H groups in total. The summed E-state index contributed by atoms with van der Waals surface area (Å²) in [6, 6.07) is 11.0. The molecule has 3 amide bonds. The molecule has 0 radical (unpaired) electrons. The van der Waals surface area contributed by atoms with Gasteiger partial charge in [0.25, 0.3) is 5.91 Å². The maximum absolute atomic E-state index is 14.6. The summed E-state index contributed by atoms with van der Waals surface area (Å²) >= 11 is 0. The van der Waals surface area contributed by atoms with Crippen LogP contribution in [-0.2, 0) is 9.53 Å². The lowest BCUT2D eigenvalue weighted by Crippen LogP contribution is -2.47. The third kappa shape index (κ3) is 5.28. The molecule has 1 heterocycles. The van der Waals surface area contributed by atoms with Crippen LogP contribution < -0.4 is 5.32 Å². The number of hydrogen-bond acceptors (Lipinski definition) is 4. The van der Waals surface area contributed by atoms with Crippen LogP contribution >= 0.6 is 0 Å². The van der Waals surface area contributed by atoms with Gasteiger partial charge in [-0.1, -0.05) is 36.4 Å². The Balaban J connectivity index is 1.92. The minimum absolute atomic E-state index is 0.146. The molecule has 3 rings (SSSR count). The number of carbonyl (C=O) groups excluding carboxylic acids is 2. The van der Waals surface area contributed by atoms with Crippen LogP contribution in [0.15, 0.2) is 53.6 Å². The molecule has 0 aromatic heterocycles. The van der Waals surface area contributed by atoms with Crippen molar-refractivity contribution in [1.82, 2.24) is 15.2 Å². The van der Waals surface area contributed by atoms with Gasteiger partial charge in [0.2, 0.25) is 0 Å². The Morgan fingerprint density at radius 1 is 1.16 bits per heavy atom. The van der Waals surface area contributed by atoms with E-state index in [0.717, 1.165) is 5.01 Å². The van der Waals surface area contributed by atoms with Crippen molar-refractivity contribution in [2.24, 2.45) is 5.10 Å². The van der Waals surface area contributed by atoms with E-state index in [9.17, 15) is 18.4 Å². The maximum atomic E-state index is 14.6. The molecule has 32 heavy (non-hydrogen) atoms. The van der Waals surface area contributed by atoms with E-state index >= 15 is 0 Å². The number of amides is 3. The lowest BCUT2D eigenvalue weighted by molar-refractivity contribution is -0.133. The van der Waals surface area contributed by atoms with E-state index in [4.69, 9.17) is 4.74 Å². The van der Waals surface area contributed by atoms with E-state index in [2.05, 4.69) is 10.4 Å². The second-order valence-corrected chi connectivity index (χ2v) is 7.26. The van der Waals surface area contributed by atoms with Crippen molar-refractivity contribution < 1.29 is 23.1 Å². The van der Waals surface area contributed by atoms with Crippen LogP contribution in [-0.4, -0.2) is 60.9 Å². The fourth-order valence-corrected chi connectivity index (χ4v) is 3.54. The highest BCUT2D eigenvalue weighted by atomic mass is 19.1. The largest absolute Gasteiger partial charge is 0.383 e. The van der Waals surface area contributed by atoms with Gasteiger partial charge in [-0.2, -0.15) is 5.10 Å². The molecule has 0 fully saturated rings. The van der Waals surface area contributed by atoms with E-state index in [-0.39, 0.29) is 37.2 Å². The summed E-state index contributed by atoms with van der Waals surface area (Å²) in [5.74, 6) is -1.47. The predicted octanol–water partition coefficient (Wildman–Crippen LogP) is 3.32. The van der Waals surface area contributed by atoms with Gasteiger partial charge >= 0.3 is 6.03 Å². The molecule has 0 spiro atoms. The smallest absolute Gasteiger partial charge is 0.317 e. The van der Waals surface area contributed by atoms with Gasteiger partial charge in [-0.05, 0) is 19.1 Å². The summed E-state index contributed by atoms with van der Waals surface area (Å²) < 4.78 is 34.0. The van der Waals surface area contributed by atoms with Gasteiger partial charge in [0.15, 0.2) is 0 Å². The lowest BCUT2D eigenvalue weighted by atomic mass is 9.97. The molecular weight excluding hydrogens is 418 g/mol. The molecule has 9 heteroatoms. The topological polar surface area (TPSA) is 74.2 Å². The van der Waals surface area contributed by atoms with Crippen molar-refractivity contribution in [2.75, 3.05) is 33.4 Å². The number of carbonyl (C=O) groups is 2. The third-order valence-corrected chi connectivity index (χ3v) is 5.12. The molecule has 0 saturated carbocycles. The van der Waals surface area contributed by atoms with Gasteiger partial charge in [0.05, 0.1) is 18.4 Å². The van der Waals surface area contributed by atoms with E-state index < -0.39 is 29.6 Å². The van der Waals surface area contributed by atoms with Crippen LogP contribution in [0, 0.1) is 11.6 Å². The second kappa shape index (κ2) is 10.8. The highest BCUT2D eigenvalue weighted by molar-refractivity contribution is 6.03. The Morgan fingerprint density at radius 3 is 2.50 bits per heavy atom. The summed E-state index contributed by atoms with van der Waals surface area (Å²) in [5, 5.41) is 8.17.